The number of hydrogen-bond acceptors (Lipinski definition) is 7. The van der Waals surface area contributed by atoms with Crippen molar-refractivity contribution < 1.29 is 19.3 Å². The number of benzene rings is 1. The first kappa shape index (κ1) is 22.8. The quantitative estimate of drug-likeness (QED) is 0.647. The molecule has 4 rings (SSSR count). The van der Waals surface area contributed by atoms with E-state index in [1.807, 2.05) is 6.07 Å². The summed E-state index contributed by atoms with van der Waals surface area (Å²) in [4.78, 5) is 4.86. The highest BCUT2D eigenvalue weighted by Gasteiger charge is 2.39. The number of β-amino-alcohol motifs (C(OH)–C–C–N with tert-alkyl or cyclic N) is 1. The van der Waals surface area contributed by atoms with Gasteiger partial charge in [-0.2, -0.15) is 0 Å². The number of rotatable bonds is 8. The van der Waals surface area contributed by atoms with E-state index in [9.17, 15) is 5.11 Å². The topological polar surface area (TPSA) is 66.4 Å². The average molecular weight is 434 g/mol. The Morgan fingerprint density at radius 2 is 1.97 bits per heavy atom. The van der Waals surface area contributed by atoms with Crippen LogP contribution in [0, 0.1) is 5.41 Å². The van der Waals surface area contributed by atoms with Crippen molar-refractivity contribution in [2.24, 2.45) is 5.41 Å². The summed E-state index contributed by atoms with van der Waals surface area (Å²) in [7, 11) is 1.68. The number of nitrogens with zero attached hydrogens (tertiary/aromatic N) is 2. The van der Waals surface area contributed by atoms with Crippen LogP contribution in [0.2, 0.25) is 0 Å². The number of aliphatic hydroxyl groups excluding tert-OH is 1. The van der Waals surface area contributed by atoms with E-state index in [1.165, 1.54) is 24.8 Å². The molecule has 0 bridgehead atoms. The lowest BCUT2D eigenvalue weighted by atomic mass is 9.80. The molecule has 0 aromatic heterocycles. The number of hydrogen-bond donors (Lipinski definition) is 2. The van der Waals surface area contributed by atoms with Crippen molar-refractivity contribution >= 4 is 0 Å². The standard InChI is InChI=1S/C24H39N3O4/c1-29-23-15-20(16-27-11-5-24(19-27)6-13-30-14-7-24)3-4-22(23)31-18-21(28)17-26-10-2-8-25-9-12-26/h3-4,15,21,25,28H,2,5-14,16-19H2,1H3. The van der Waals surface area contributed by atoms with E-state index in [-0.39, 0.29) is 6.61 Å². The van der Waals surface area contributed by atoms with Crippen LogP contribution < -0.4 is 14.8 Å². The van der Waals surface area contributed by atoms with Crippen molar-refractivity contribution in [2.45, 2.75) is 38.3 Å². The minimum absolute atomic E-state index is 0.274. The highest BCUT2D eigenvalue weighted by Crippen LogP contribution is 2.40. The maximum Gasteiger partial charge on any atom is 0.161 e. The third kappa shape index (κ3) is 6.33. The van der Waals surface area contributed by atoms with Crippen molar-refractivity contribution in [3.63, 3.8) is 0 Å². The Morgan fingerprint density at radius 3 is 2.81 bits per heavy atom. The molecule has 1 aromatic carbocycles. The summed E-state index contributed by atoms with van der Waals surface area (Å²) in [6.45, 7) is 10.0. The maximum atomic E-state index is 10.4. The van der Waals surface area contributed by atoms with Gasteiger partial charge in [0.25, 0.3) is 0 Å². The summed E-state index contributed by atoms with van der Waals surface area (Å²) in [5.41, 5.74) is 1.70. The second-order valence-corrected chi connectivity index (χ2v) is 9.43. The maximum absolute atomic E-state index is 10.4. The van der Waals surface area contributed by atoms with Crippen molar-refractivity contribution in [1.29, 1.82) is 0 Å². The van der Waals surface area contributed by atoms with E-state index in [4.69, 9.17) is 14.2 Å². The smallest absolute Gasteiger partial charge is 0.161 e. The van der Waals surface area contributed by atoms with Gasteiger partial charge < -0.3 is 24.6 Å². The second kappa shape index (κ2) is 11.0. The van der Waals surface area contributed by atoms with Crippen LogP contribution in [0.25, 0.3) is 0 Å². The van der Waals surface area contributed by atoms with Crippen molar-refractivity contribution in [3.05, 3.63) is 23.8 Å². The Labute approximate surface area is 186 Å². The fourth-order valence-electron chi connectivity index (χ4n) is 5.18. The molecule has 3 aliphatic rings. The molecule has 174 valence electrons. The molecule has 3 heterocycles. The van der Waals surface area contributed by atoms with Gasteiger partial charge in [-0.3, -0.25) is 9.80 Å². The van der Waals surface area contributed by atoms with Crippen molar-refractivity contribution in [2.75, 3.05) is 72.7 Å². The average Bonchev–Trinajstić information content (AvgIpc) is 2.98. The molecular weight excluding hydrogens is 394 g/mol. The highest BCUT2D eigenvalue weighted by molar-refractivity contribution is 5.43. The largest absolute Gasteiger partial charge is 0.493 e. The number of ether oxygens (including phenoxy) is 3. The molecule has 3 saturated heterocycles. The summed E-state index contributed by atoms with van der Waals surface area (Å²) in [5, 5.41) is 13.8. The van der Waals surface area contributed by atoms with Crippen LogP contribution >= 0.6 is 0 Å². The summed E-state index contributed by atoms with van der Waals surface area (Å²) in [6, 6.07) is 6.19. The summed E-state index contributed by atoms with van der Waals surface area (Å²) < 4.78 is 17.1. The Morgan fingerprint density at radius 1 is 1.10 bits per heavy atom. The van der Waals surface area contributed by atoms with Crippen molar-refractivity contribution in [1.82, 2.24) is 15.1 Å². The van der Waals surface area contributed by atoms with Crippen LogP contribution in [-0.2, 0) is 11.3 Å². The van der Waals surface area contributed by atoms with Gasteiger partial charge in [-0.15, -0.1) is 0 Å². The fraction of sp³-hybridized carbons (Fsp3) is 0.750. The zero-order valence-corrected chi connectivity index (χ0v) is 19.0. The molecule has 1 spiro atoms. The predicted molar refractivity (Wildman–Crippen MR) is 121 cm³/mol. The number of methoxy groups -OCH3 is 1. The number of likely N-dealkylation sites (tertiary alicyclic amines) is 1. The highest BCUT2D eigenvalue weighted by atomic mass is 16.5. The monoisotopic (exact) mass is 433 g/mol. The summed E-state index contributed by atoms with van der Waals surface area (Å²) in [5.74, 6) is 1.44. The minimum Gasteiger partial charge on any atom is -0.493 e. The first-order valence-corrected chi connectivity index (χ1v) is 11.9. The summed E-state index contributed by atoms with van der Waals surface area (Å²) in [6.07, 6.45) is 4.27. The molecule has 2 N–H and O–H groups in total. The third-order valence-corrected chi connectivity index (χ3v) is 7.04. The molecule has 3 fully saturated rings. The molecule has 3 aliphatic heterocycles. The number of aliphatic hydroxyl groups is 1. The SMILES string of the molecule is COc1cc(CN2CCC3(CCOCC3)C2)ccc1OCC(O)CN1CCCNCC1. The Kier molecular flexibility index (Phi) is 8.07. The minimum atomic E-state index is -0.511. The van der Waals surface area contributed by atoms with Crippen LogP contribution in [-0.4, -0.2) is 93.8 Å². The van der Waals surface area contributed by atoms with Crippen LogP contribution in [0.1, 0.15) is 31.2 Å². The van der Waals surface area contributed by atoms with E-state index >= 15 is 0 Å². The van der Waals surface area contributed by atoms with Gasteiger partial charge in [0.15, 0.2) is 11.5 Å². The normalized spacial score (nSPS) is 23.5. The molecule has 0 saturated carbocycles. The molecule has 0 radical (unpaired) electrons. The van der Waals surface area contributed by atoms with Crippen molar-refractivity contribution in [3.8, 4) is 11.5 Å². The number of nitrogens with one attached hydrogen (secondary N) is 1. The zero-order chi connectivity index (χ0) is 21.5. The molecule has 0 aliphatic carbocycles. The zero-order valence-electron chi connectivity index (χ0n) is 19.0. The van der Waals surface area contributed by atoms with Gasteiger partial charge >= 0.3 is 0 Å². The molecule has 1 unspecified atom stereocenters. The lowest BCUT2D eigenvalue weighted by Crippen LogP contribution is -2.37. The molecule has 1 atom stereocenters. The van der Waals surface area contributed by atoms with Crippen LogP contribution in [0.15, 0.2) is 18.2 Å². The van der Waals surface area contributed by atoms with E-state index in [0.717, 1.165) is 71.2 Å². The molecule has 7 nitrogen and oxygen atoms in total. The van der Waals surface area contributed by atoms with E-state index in [2.05, 4.69) is 27.2 Å². The van der Waals surface area contributed by atoms with Gasteiger partial charge in [0, 0.05) is 45.9 Å². The van der Waals surface area contributed by atoms with E-state index in [0.29, 0.717) is 17.7 Å². The van der Waals surface area contributed by atoms with Crippen LogP contribution in [0.4, 0.5) is 0 Å². The van der Waals surface area contributed by atoms with Crippen LogP contribution in [0.3, 0.4) is 0 Å². The second-order valence-electron chi connectivity index (χ2n) is 9.43. The molecule has 31 heavy (non-hydrogen) atoms. The Bertz CT molecular complexity index is 687. The molecule has 1 aromatic rings. The van der Waals surface area contributed by atoms with Gasteiger partial charge in [0.05, 0.1) is 7.11 Å². The lowest BCUT2D eigenvalue weighted by molar-refractivity contribution is 0.0190. The van der Waals surface area contributed by atoms with Crippen LogP contribution in [0.5, 0.6) is 11.5 Å². The molecule has 0 amide bonds. The fourth-order valence-corrected chi connectivity index (χ4v) is 5.18. The first-order valence-electron chi connectivity index (χ1n) is 11.9. The van der Waals surface area contributed by atoms with E-state index < -0.39 is 6.10 Å². The summed E-state index contributed by atoms with van der Waals surface area (Å²) >= 11 is 0. The van der Waals surface area contributed by atoms with E-state index in [1.54, 1.807) is 7.11 Å². The molecular formula is C24H39N3O4. The predicted octanol–water partition coefficient (Wildman–Crippen LogP) is 1.73. The first-order chi connectivity index (χ1) is 15.2. The molecule has 7 heteroatoms. The lowest BCUT2D eigenvalue weighted by Gasteiger charge is -2.33. The van der Waals surface area contributed by atoms with Gasteiger partial charge in [-0.25, -0.2) is 0 Å². The Balaban J connectivity index is 1.27. The van der Waals surface area contributed by atoms with Gasteiger partial charge in [-0.1, -0.05) is 6.07 Å². The van der Waals surface area contributed by atoms with Gasteiger partial charge in [-0.05, 0) is 68.4 Å². The van der Waals surface area contributed by atoms with Gasteiger partial charge in [0.1, 0.15) is 12.7 Å². The van der Waals surface area contributed by atoms with Gasteiger partial charge in [0.2, 0.25) is 0 Å². The third-order valence-electron chi connectivity index (χ3n) is 7.04. The Hall–Kier alpha value is -1.38.